The molecule has 0 saturated heterocycles. The van der Waals surface area contributed by atoms with Crippen LogP contribution in [0.15, 0.2) is 78.6 Å². The molecule has 0 atom stereocenters. The Morgan fingerprint density at radius 2 is 1.75 bits per heavy atom. The molecule has 0 N–H and O–H groups in total. The molecule has 4 nitrogen and oxygen atoms in total. The van der Waals surface area contributed by atoms with Crippen molar-refractivity contribution >= 4 is 17.6 Å². The number of benzene rings is 3. The van der Waals surface area contributed by atoms with Crippen LogP contribution in [0.1, 0.15) is 26.3 Å². The summed E-state index contributed by atoms with van der Waals surface area (Å²) >= 11 is 0. The van der Waals surface area contributed by atoms with Crippen LogP contribution in [0.5, 0.6) is 11.5 Å². The molecule has 0 saturated carbocycles. The lowest BCUT2D eigenvalue weighted by Gasteiger charge is -2.06. The summed E-state index contributed by atoms with van der Waals surface area (Å²) in [7, 11) is 0. The molecule has 0 aliphatic carbocycles. The molecule has 138 valence electrons. The average Bonchev–Trinajstić information content (AvgIpc) is 3.03. The monoisotopic (exact) mass is 374 g/mol. The van der Waals surface area contributed by atoms with Gasteiger partial charge in [-0.1, -0.05) is 42.5 Å². The third kappa shape index (κ3) is 3.69. The third-order valence-electron chi connectivity index (χ3n) is 4.27. The van der Waals surface area contributed by atoms with Crippen LogP contribution in [-0.2, 0) is 0 Å². The van der Waals surface area contributed by atoms with Crippen LogP contribution in [0.2, 0.25) is 0 Å². The first-order valence-electron chi connectivity index (χ1n) is 8.65. The molecule has 0 aromatic heterocycles. The molecule has 0 unspecified atom stereocenters. The third-order valence-corrected chi connectivity index (χ3v) is 4.27. The number of fused-ring (bicyclic) bond motifs is 1. The standard InChI is InChI=1S/C23H15FO4/c24-17-8-6-15(7-9-17)12-22-23(26)19-11-10-18(13-21(19)28-22)27-14-20(25)16-4-2-1-3-5-16/h1-13H,14H2/b22-12-. The molecule has 5 heteroatoms. The number of rotatable bonds is 5. The van der Waals surface area contributed by atoms with E-state index in [4.69, 9.17) is 9.47 Å². The SMILES string of the molecule is O=C(COc1ccc2c(c1)O/C(=C\c1ccc(F)cc1)C2=O)c1ccccc1. The summed E-state index contributed by atoms with van der Waals surface area (Å²) < 4.78 is 24.2. The van der Waals surface area contributed by atoms with Gasteiger partial charge in [0.05, 0.1) is 5.56 Å². The maximum Gasteiger partial charge on any atom is 0.231 e. The summed E-state index contributed by atoms with van der Waals surface area (Å²) in [5.41, 5.74) is 1.64. The fraction of sp³-hybridized carbons (Fsp3) is 0.0435. The van der Waals surface area contributed by atoms with Crippen molar-refractivity contribution in [3.8, 4) is 11.5 Å². The van der Waals surface area contributed by atoms with Crippen molar-refractivity contribution < 1.29 is 23.5 Å². The van der Waals surface area contributed by atoms with E-state index in [0.717, 1.165) is 0 Å². The summed E-state index contributed by atoms with van der Waals surface area (Å²) in [5.74, 6) is 0.193. The molecule has 1 heterocycles. The van der Waals surface area contributed by atoms with Gasteiger partial charge in [0.15, 0.2) is 18.1 Å². The number of halogens is 1. The van der Waals surface area contributed by atoms with E-state index in [2.05, 4.69) is 0 Å². The van der Waals surface area contributed by atoms with Crippen molar-refractivity contribution in [3.63, 3.8) is 0 Å². The van der Waals surface area contributed by atoms with Gasteiger partial charge < -0.3 is 9.47 Å². The highest BCUT2D eigenvalue weighted by Crippen LogP contribution is 2.34. The van der Waals surface area contributed by atoms with E-state index in [9.17, 15) is 14.0 Å². The molecule has 0 bridgehead atoms. The molecule has 28 heavy (non-hydrogen) atoms. The normalized spacial score (nSPS) is 13.9. The Labute approximate surface area is 160 Å². The van der Waals surface area contributed by atoms with Crippen LogP contribution >= 0.6 is 0 Å². The van der Waals surface area contributed by atoms with E-state index in [-0.39, 0.29) is 29.7 Å². The van der Waals surface area contributed by atoms with Crippen LogP contribution < -0.4 is 9.47 Å². The number of Topliss-reactive ketones (excluding diaryl/α,β-unsaturated/α-hetero) is 2. The molecule has 3 aromatic rings. The zero-order valence-electron chi connectivity index (χ0n) is 14.7. The van der Waals surface area contributed by atoms with Gasteiger partial charge in [-0.3, -0.25) is 9.59 Å². The lowest BCUT2D eigenvalue weighted by molar-refractivity contribution is 0.0921. The van der Waals surface area contributed by atoms with Gasteiger partial charge in [0.25, 0.3) is 0 Å². The van der Waals surface area contributed by atoms with E-state index in [1.165, 1.54) is 12.1 Å². The Bertz CT molecular complexity index is 1070. The molecule has 0 amide bonds. The Balaban J connectivity index is 1.48. The van der Waals surface area contributed by atoms with Crippen LogP contribution in [0, 0.1) is 5.82 Å². The molecule has 4 rings (SSSR count). The fourth-order valence-electron chi connectivity index (χ4n) is 2.82. The molecular weight excluding hydrogens is 359 g/mol. The Morgan fingerprint density at radius 1 is 1.00 bits per heavy atom. The van der Waals surface area contributed by atoms with Crippen molar-refractivity contribution in [2.45, 2.75) is 0 Å². The highest BCUT2D eigenvalue weighted by molar-refractivity contribution is 6.14. The summed E-state index contributed by atoms with van der Waals surface area (Å²) in [6, 6.07) is 19.4. The van der Waals surface area contributed by atoms with Crippen LogP contribution in [-0.4, -0.2) is 18.2 Å². The molecule has 0 spiro atoms. The van der Waals surface area contributed by atoms with Crippen molar-refractivity contribution in [1.29, 1.82) is 0 Å². The molecule has 1 aliphatic heterocycles. The summed E-state index contributed by atoms with van der Waals surface area (Å²) in [4.78, 5) is 24.6. The second-order valence-electron chi connectivity index (χ2n) is 6.23. The van der Waals surface area contributed by atoms with Crippen LogP contribution in [0.4, 0.5) is 4.39 Å². The maximum absolute atomic E-state index is 13.0. The van der Waals surface area contributed by atoms with E-state index in [1.54, 1.807) is 60.7 Å². The smallest absolute Gasteiger partial charge is 0.231 e. The van der Waals surface area contributed by atoms with Gasteiger partial charge in [-0.05, 0) is 35.9 Å². The summed E-state index contributed by atoms with van der Waals surface area (Å²) in [5, 5.41) is 0. The largest absolute Gasteiger partial charge is 0.485 e. The lowest BCUT2D eigenvalue weighted by atomic mass is 10.1. The number of carbonyl (C=O) groups excluding carboxylic acids is 2. The van der Waals surface area contributed by atoms with Crippen LogP contribution in [0.25, 0.3) is 6.08 Å². The Kier molecular flexibility index (Phi) is 4.72. The topological polar surface area (TPSA) is 52.6 Å². The highest BCUT2D eigenvalue weighted by atomic mass is 19.1. The second-order valence-corrected chi connectivity index (χ2v) is 6.23. The first kappa shape index (κ1) is 17.7. The zero-order valence-corrected chi connectivity index (χ0v) is 14.7. The van der Waals surface area contributed by atoms with Gasteiger partial charge >= 0.3 is 0 Å². The van der Waals surface area contributed by atoms with E-state index >= 15 is 0 Å². The number of ketones is 2. The van der Waals surface area contributed by atoms with Crippen molar-refractivity contribution in [3.05, 3.63) is 101 Å². The maximum atomic E-state index is 13.0. The minimum Gasteiger partial charge on any atom is -0.485 e. The van der Waals surface area contributed by atoms with Gasteiger partial charge in [-0.2, -0.15) is 0 Å². The molecule has 3 aromatic carbocycles. The molecule has 1 aliphatic rings. The van der Waals surface area contributed by atoms with Gasteiger partial charge in [0.2, 0.25) is 5.78 Å². The zero-order chi connectivity index (χ0) is 19.5. The number of carbonyl (C=O) groups is 2. The Hall–Kier alpha value is -3.73. The number of ether oxygens (including phenoxy) is 2. The van der Waals surface area contributed by atoms with Gasteiger partial charge in [-0.25, -0.2) is 4.39 Å². The Morgan fingerprint density at radius 3 is 2.50 bits per heavy atom. The van der Waals surface area contributed by atoms with E-state index in [0.29, 0.717) is 28.2 Å². The number of hydrogen-bond donors (Lipinski definition) is 0. The van der Waals surface area contributed by atoms with Crippen molar-refractivity contribution in [2.24, 2.45) is 0 Å². The van der Waals surface area contributed by atoms with E-state index in [1.807, 2.05) is 6.07 Å². The van der Waals surface area contributed by atoms with Crippen molar-refractivity contribution in [2.75, 3.05) is 6.61 Å². The minimum absolute atomic E-state index is 0.116. The minimum atomic E-state index is -0.351. The average molecular weight is 374 g/mol. The predicted molar refractivity (Wildman–Crippen MR) is 102 cm³/mol. The van der Waals surface area contributed by atoms with Gasteiger partial charge in [-0.15, -0.1) is 0 Å². The first-order chi connectivity index (χ1) is 13.6. The second kappa shape index (κ2) is 7.48. The fourth-order valence-corrected chi connectivity index (χ4v) is 2.82. The lowest BCUT2D eigenvalue weighted by Crippen LogP contribution is -2.11. The van der Waals surface area contributed by atoms with Gasteiger partial charge in [0, 0.05) is 11.6 Å². The first-order valence-corrected chi connectivity index (χ1v) is 8.65. The van der Waals surface area contributed by atoms with Crippen LogP contribution in [0.3, 0.4) is 0 Å². The predicted octanol–water partition coefficient (Wildman–Crippen LogP) is 4.70. The number of hydrogen-bond acceptors (Lipinski definition) is 4. The molecule has 0 fully saturated rings. The van der Waals surface area contributed by atoms with E-state index < -0.39 is 0 Å². The number of allylic oxidation sites excluding steroid dienone is 1. The highest BCUT2D eigenvalue weighted by Gasteiger charge is 2.27. The molecular formula is C23H15FO4. The quantitative estimate of drug-likeness (QED) is 0.480. The van der Waals surface area contributed by atoms with Crippen molar-refractivity contribution in [1.82, 2.24) is 0 Å². The van der Waals surface area contributed by atoms with Gasteiger partial charge in [0.1, 0.15) is 17.3 Å². The summed E-state index contributed by atoms with van der Waals surface area (Å²) in [6.07, 6.45) is 1.56. The summed E-state index contributed by atoms with van der Waals surface area (Å²) in [6.45, 7) is -0.116. The molecule has 0 radical (unpaired) electrons.